The Hall–Kier alpha value is -3.11. The van der Waals surface area contributed by atoms with E-state index in [9.17, 15) is 14.4 Å². The summed E-state index contributed by atoms with van der Waals surface area (Å²) in [5, 5.41) is 4.24. The SMILES string of the molecule is CC(=O)NN(C)c1ccccc1.CCOC(=O)C(C)SC(=S)N(C(C)=O)N(C)c1ccccc1. The number of benzene rings is 2. The van der Waals surface area contributed by atoms with Crippen LogP contribution in [0.1, 0.15) is 27.7 Å². The summed E-state index contributed by atoms with van der Waals surface area (Å²) in [4.78, 5) is 34.3. The lowest BCUT2D eigenvalue weighted by atomic mass is 10.3. The molecule has 184 valence electrons. The highest BCUT2D eigenvalue weighted by molar-refractivity contribution is 8.23. The highest BCUT2D eigenvalue weighted by Crippen LogP contribution is 2.22. The van der Waals surface area contributed by atoms with Crippen molar-refractivity contribution in [2.24, 2.45) is 0 Å². The molecule has 2 aromatic rings. The number of hydrogen-bond acceptors (Lipinski definition) is 8. The number of hydrogen-bond donors (Lipinski definition) is 1. The molecule has 10 heteroatoms. The number of para-hydroxylation sites is 2. The molecule has 2 aromatic carbocycles. The zero-order chi connectivity index (χ0) is 25.7. The lowest BCUT2D eigenvalue weighted by Crippen LogP contribution is -2.46. The third-order valence-corrected chi connectivity index (χ3v) is 5.65. The van der Waals surface area contributed by atoms with Crippen molar-refractivity contribution in [2.75, 3.05) is 30.7 Å². The fraction of sp³-hybridized carbons (Fsp3) is 0.333. The number of nitrogens with zero attached hydrogens (tertiary/aromatic N) is 3. The summed E-state index contributed by atoms with van der Waals surface area (Å²) in [6.07, 6.45) is 0. The number of nitrogens with one attached hydrogen (secondary N) is 1. The molecule has 0 radical (unpaired) electrons. The van der Waals surface area contributed by atoms with E-state index in [0.29, 0.717) is 10.9 Å². The molecular weight excluding hydrogens is 472 g/mol. The van der Waals surface area contributed by atoms with Crippen LogP contribution in [0.3, 0.4) is 0 Å². The van der Waals surface area contributed by atoms with E-state index in [-0.39, 0.29) is 17.8 Å². The Labute approximate surface area is 211 Å². The maximum absolute atomic E-state index is 11.9. The smallest absolute Gasteiger partial charge is 0.319 e. The average molecular weight is 505 g/mol. The van der Waals surface area contributed by atoms with Gasteiger partial charge in [0.1, 0.15) is 5.25 Å². The molecule has 1 N–H and O–H groups in total. The summed E-state index contributed by atoms with van der Waals surface area (Å²) in [7, 11) is 3.55. The van der Waals surface area contributed by atoms with Gasteiger partial charge in [0.15, 0.2) is 4.32 Å². The van der Waals surface area contributed by atoms with E-state index in [4.69, 9.17) is 17.0 Å². The van der Waals surface area contributed by atoms with Crippen molar-refractivity contribution in [3.8, 4) is 0 Å². The summed E-state index contributed by atoms with van der Waals surface area (Å²) in [6, 6.07) is 19.0. The van der Waals surface area contributed by atoms with Crippen LogP contribution in [0.4, 0.5) is 11.4 Å². The molecule has 0 aromatic heterocycles. The number of rotatable bonds is 7. The fourth-order valence-electron chi connectivity index (χ4n) is 2.68. The highest BCUT2D eigenvalue weighted by Gasteiger charge is 2.25. The van der Waals surface area contributed by atoms with Gasteiger partial charge in [-0.25, -0.2) is 5.01 Å². The van der Waals surface area contributed by atoms with Gasteiger partial charge in [-0.15, -0.1) is 0 Å². The van der Waals surface area contributed by atoms with Gasteiger partial charge in [-0.3, -0.25) is 29.8 Å². The van der Waals surface area contributed by atoms with Crippen molar-refractivity contribution in [1.29, 1.82) is 0 Å². The van der Waals surface area contributed by atoms with Crippen LogP contribution >= 0.6 is 24.0 Å². The Morgan fingerprint density at radius 2 is 1.47 bits per heavy atom. The molecule has 0 saturated carbocycles. The number of carbonyl (C=O) groups excluding carboxylic acids is 3. The van der Waals surface area contributed by atoms with E-state index in [1.807, 2.05) is 60.7 Å². The van der Waals surface area contributed by atoms with Crippen molar-refractivity contribution in [3.05, 3.63) is 60.7 Å². The minimum absolute atomic E-state index is 0.0682. The van der Waals surface area contributed by atoms with Gasteiger partial charge in [-0.05, 0) is 38.1 Å². The monoisotopic (exact) mass is 504 g/mol. The van der Waals surface area contributed by atoms with Crippen molar-refractivity contribution >= 4 is 57.5 Å². The maximum atomic E-state index is 11.9. The lowest BCUT2D eigenvalue weighted by molar-refractivity contribution is -0.142. The lowest BCUT2D eigenvalue weighted by Gasteiger charge is -2.32. The second kappa shape index (κ2) is 14.9. The van der Waals surface area contributed by atoms with Gasteiger partial charge in [0.2, 0.25) is 11.8 Å². The second-order valence-corrected chi connectivity index (χ2v) is 9.01. The zero-order valence-corrected chi connectivity index (χ0v) is 22.0. The quantitative estimate of drug-likeness (QED) is 0.344. The van der Waals surface area contributed by atoms with E-state index in [0.717, 1.165) is 23.1 Å². The van der Waals surface area contributed by atoms with Gasteiger partial charge < -0.3 is 4.74 Å². The third kappa shape index (κ3) is 9.80. The van der Waals surface area contributed by atoms with Crippen LogP contribution in [0.15, 0.2) is 60.7 Å². The minimum Gasteiger partial charge on any atom is -0.465 e. The Kier molecular flexibility index (Phi) is 12.7. The van der Waals surface area contributed by atoms with Crippen LogP contribution in [0.2, 0.25) is 0 Å². The molecule has 0 saturated heterocycles. The number of thiocarbonyl (C=S) groups is 1. The average Bonchev–Trinajstić information content (AvgIpc) is 2.80. The molecule has 0 spiro atoms. The molecule has 1 unspecified atom stereocenters. The number of ether oxygens (including phenoxy) is 1. The molecule has 0 aliphatic heterocycles. The maximum Gasteiger partial charge on any atom is 0.319 e. The standard InChI is InChI=1S/C15H20N2O3S2.C9H12N2O/c1-5-20-14(19)11(2)22-15(21)17(12(3)18)16(4)13-9-7-6-8-10-13;1-8(12)10-11(2)9-6-4-3-5-7-9/h6-11H,5H2,1-4H3;3-7H,1-2H3,(H,10,12). The molecule has 0 aliphatic rings. The Morgan fingerprint density at radius 1 is 0.971 bits per heavy atom. The van der Waals surface area contributed by atoms with Crippen molar-refractivity contribution in [2.45, 2.75) is 32.9 Å². The first-order chi connectivity index (χ1) is 16.1. The molecule has 0 bridgehead atoms. The van der Waals surface area contributed by atoms with Crippen molar-refractivity contribution < 1.29 is 19.1 Å². The van der Waals surface area contributed by atoms with E-state index >= 15 is 0 Å². The topological polar surface area (TPSA) is 82.2 Å². The van der Waals surface area contributed by atoms with Crippen LogP contribution in [0.25, 0.3) is 0 Å². The Balaban J connectivity index is 0.000000404. The second-order valence-electron chi connectivity index (χ2n) is 7.03. The molecule has 0 heterocycles. The van der Waals surface area contributed by atoms with Crippen LogP contribution in [-0.2, 0) is 19.1 Å². The first-order valence-corrected chi connectivity index (χ1v) is 11.9. The number of esters is 1. The molecule has 2 amide bonds. The normalized spacial score (nSPS) is 10.6. The number of hydrazine groups is 2. The molecule has 0 aliphatic carbocycles. The van der Waals surface area contributed by atoms with Crippen molar-refractivity contribution in [3.63, 3.8) is 0 Å². The third-order valence-electron chi connectivity index (χ3n) is 4.27. The Bertz CT molecular complexity index is 945. The van der Waals surface area contributed by atoms with Gasteiger partial charge in [-0.1, -0.05) is 60.4 Å². The summed E-state index contributed by atoms with van der Waals surface area (Å²) in [5.74, 6) is -0.637. The molecule has 0 fully saturated rings. The van der Waals surface area contributed by atoms with Gasteiger partial charge in [0.25, 0.3) is 0 Å². The first kappa shape index (κ1) is 28.9. The van der Waals surface area contributed by atoms with E-state index in [2.05, 4.69) is 5.43 Å². The Morgan fingerprint density at radius 3 is 1.91 bits per heavy atom. The minimum atomic E-state index is -0.474. The predicted octanol–water partition coefficient (Wildman–Crippen LogP) is 4.03. The van der Waals surface area contributed by atoms with E-state index < -0.39 is 5.25 Å². The van der Waals surface area contributed by atoms with Gasteiger partial charge in [-0.2, -0.15) is 0 Å². The summed E-state index contributed by atoms with van der Waals surface area (Å²) < 4.78 is 5.26. The van der Waals surface area contributed by atoms with E-state index in [1.54, 1.807) is 38.0 Å². The van der Waals surface area contributed by atoms with Crippen LogP contribution < -0.4 is 15.4 Å². The molecular formula is C24H32N4O4S2. The largest absolute Gasteiger partial charge is 0.465 e. The van der Waals surface area contributed by atoms with Crippen LogP contribution in [0.5, 0.6) is 0 Å². The summed E-state index contributed by atoms with van der Waals surface area (Å²) in [6.45, 7) is 6.69. The van der Waals surface area contributed by atoms with Crippen LogP contribution in [0, 0.1) is 0 Å². The first-order valence-electron chi connectivity index (χ1n) is 10.6. The predicted molar refractivity (Wildman–Crippen MR) is 142 cm³/mol. The number of anilines is 2. The number of thioether (sulfide) groups is 1. The molecule has 2 rings (SSSR count). The number of amides is 2. The summed E-state index contributed by atoms with van der Waals surface area (Å²) in [5.41, 5.74) is 4.44. The van der Waals surface area contributed by atoms with E-state index in [1.165, 1.54) is 18.9 Å². The molecule has 1 atom stereocenters. The number of carbonyl (C=O) groups is 3. The zero-order valence-electron chi connectivity index (χ0n) is 20.3. The van der Waals surface area contributed by atoms with Gasteiger partial charge in [0.05, 0.1) is 18.0 Å². The highest BCUT2D eigenvalue weighted by atomic mass is 32.2. The van der Waals surface area contributed by atoms with Crippen molar-refractivity contribution in [1.82, 2.24) is 10.4 Å². The molecule has 8 nitrogen and oxygen atoms in total. The van der Waals surface area contributed by atoms with Gasteiger partial charge in [0, 0.05) is 27.9 Å². The van der Waals surface area contributed by atoms with Gasteiger partial charge >= 0.3 is 5.97 Å². The fourth-order valence-corrected chi connectivity index (χ4v) is 4.18. The van der Waals surface area contributed by atoms with Crippen LogP contribution in [-0.4, -0.2) is 53.1 Å². The molecule has 34 heavy (non-hydrogen) atoms. The summed E-state index contributed by atoms with van der Waals surface area (Å²) >= 11 is 6.45.